The van der Waals surface area contributed by atoms with Crippen LogP contribution in [0.2, 0.25) is 0 Å². The number of pyridine rings is 1. The molecule has 2 saturated heterocycles. The number of nitrogens with two attached hydrogens (primary N) is 1. The van der Waals surface area contributed by atoms with E-state index in [0.29, 0.717) is 24.4 Å². The van der Waals surface area contributed by atoms with Crippen molar-refractivity contribution in [3.05, 3.63) is 47.8 Å². The highest BCUT2D eigenvalue weighted by Gasteiger charge is 2.33. The van der Waals surface area contributed by atoms with Crippen molar-refractivity contribution in [3.8, 4) is 0 Å². The van der Waals surface area contributed by atoms with Gasteiger partial charge in [-0.15, -0.1) is 0 Å². The second-order valence-corrected chi connectivity index (χ2v) is 8.61. The van der Waals surface area contributed by atoms with Crippen LogP contribution in [0, 0.1) is 17.7 Å². The Labute approximate surface area is 192 Å². The fourth-order valence-electron chi connectivity index (χ4n) is 4.70. The zero-order chi connectivity index (χ0) is 23.2. The lowest BCUT2D eigenvalue weighted by molar-refractivity contribution is -0.138. The van der Waals surface area contributed by atoms with E-state index in [1.165, 1.54) is 13.3 Å². The number of likely N-dealkylation sites (tertiary alicyclic amines) is 2. The first-order chi connectivity index (χ1) is 16.0. The maximum Gasteiger partial charge on any atom is 0.225 e. The maximum atomic E-state index is 14.3. The SMILES string of the molecule is CON=C(c1ccncc1F)C1CCN(C(=O)C2CCN(Cc3cnc(N)nc3)CC2)CC1. The van der Waals surface area contributed by atoms with Crippen LogP contribution in [-0.4, -0.2) is 69.7 Å². The summed E-state index contributed by atoms with van der Waals surface area (Å²) in [6.45, 7) is 3.77. The number of piperidine rings is 2. The number of rotatable bonds is 6. The minimum Gasteiger partial charge on any atom is -0.399 e. The molecule has 4 rings (SSSR count). The van der Waals surface area contributed by atoms with Gasteiger partial charge >= 0.3 is 0 Å². The van der Waals surface area contributed by atoms with Crippen molar-refractivity contribution >= 4 is 17.6 Å². The Bertz CT molecular complexity index is 969. The number of hydrogen-bond donors (Lipinski definition) is 1. The smallest absolute Gasteiger partial charge is 0.225 e. The molecule has 2 aliphatic heterocycles. The molecule has 176 valence electrons. The second-order valence-electron chi connectivity index (χ2n) is 8.61. The lowest BCUT2D eigenvalue weighted by Gasteiger charge is -2.37. The van der Waals surface area contributed by atoms with Crippen LogP contribution in [-0.2, 0) is 16.2 Å². The monoisotopic (exact) mass is 455 g/mol. The highest BCUT2D eigenvalue weighted by atomic mass is 19.1. The molecule has 0 atom stereocenters. The summed E-state index contributed by atoms with van der Waals surface area (Å²) in [7, 11) is 1.46. The first kappa shape index (κ1) is 23.0. The maximum absolute atomic E-state index is 14.3. The van der Waals surface area contributed by atoms with Gasteiger partial charge in [0.2, 0.25) is 11.9 Å². The van der Waals surface area contributed by atoms with Crippen LogP contribution in [0.15, 0.2) is 36.0 Å². The average molecular weight is 456 g/mol. The van der Waals surface area contributed by atoms with Gasteiger partial charge in [-0.25, -0.2) is 14.4 Å². The zero-order valence-corrected chi connectivity index (χ0v) is 18.9. The first-order valence-corrected chi connectivity index (χ1v) is 11.3. The van der Waals surface area contributed by atoms with Crippen LogP contribution in [0.1, 0.15) is 36.8 Å². The number of oxime groups is 1. The molecule has 2 aromatic heterocycles. The van der Waals surface area contributed by atoms with Gasteiger partial charge in [-0.1, -0.05) is 5.16 Å². The van der Waals surface area contributed by atoms with Gasteiger partial charge in [-0.05, 0) is 44.8 Å². The summed E-state index contributed by atoms with van der Waals surface area (Å²) < 4.78 is 14.3. The predicted molar refractivity (Wildman–Crippen MR) is 121 cm³/mol. The lowest BCUT2D eigenvalue weighted by atomic mass is 9.87. The molecule has 2 fully saturated rings. The van der Waals surface area contributed by atoms with Gasteiger partial charge in [-0.2, -0.15) is 0 Å². The molecule has 0 saturated carbocycles. The molecule has 2 aliphatic rings. The summed E-state index contributed by atoms with van der Waals surface area (Å²) in [5, 5.41) is 4.11. The topological polar surface area (TPSA) is 110 Å². The quantitative estimate of drug-likeness (QED) is 0.525. The minimum absolute atomic E-state index is 0.0369. The average Bonchev–Trinajstić information content (AvgIpc) is 2.85. The van der Waals surface area contributed by atoms with E-state index >= 15 is 0 Å². The molecule has 0 aliphatic carbocycles. The number of nitrogens with zero attached hydrogens (tertiary/aromatic N) is 6. The fourth-order valence-corrected chi connectivity index (χ4v) is 4.70. The summed E-state index contributed by atoms with van der Waals surface area (Å²) in [5.74, 6) is 0.173. The molecule has 33 heavy (non-hydrogen) atoms. The van der Waals surface area contributed by atoms with Crippen molar-refractivity contribution in [1.29, 1.82) is 0 Å². The Balaban J connectivity index is 1.28. The molecule has 2 aromatic rings. The van der Waals surface area contributed by atoms with Gasteiger partial charge in [0.05, 0.1) is 11.9 Å². The van der Waals surface area contributed by atoms with E-state index in [0.717, 1.165) is 50.9 Å². The predicted octanol–water partition coefficient (Wildman–Crippen LogP) is 2.09. The van der Waals surface area contributed by atoms with E-state index in [2.05, 4.69) is 25.0 Å². The van der Waals surface area contributed by atoms with Crippen molar-refractivity contribution < 1.29 is 14.0 Å². The number of carbonyl (C=O) groups excluding carboxylic acids is 1. The molecule has 0 aromatic carbocycles. The van der Waals surface area contributed by atoms with E-state index in [1.807, 2.05) is 4.90 Å². The van der Waals surface area contributed by atoms with Crippen LogP contribution in [0.3, 0.4) is 0 Å². The van der Waals surface area contributed by atoms with Gasteiger partial charge < -0.3 is 15.5 Å². The third kappa shape index (κ3) is 5.62. The van der Waals surface area contributed by atoms with Crippen molar-refractivity contribution in [3.63, 3.8) is 0 Å². The molecule has 0 bridgehead atoms. The number of carbonyl (C=O) groups is 1. The van der Waals surface area contributed by atoms with Crippen LogP contribution < -0.4 is 5.73 Å². The van der Waals surface area contributed by atoms with Crippen LogP contribution >= 0.6 is 0 Å². The second kappa shape index (κ2) is 10.7. The molecule has 0 unspecified atom stereocenters. The third-order valence-corrected chi connectivity index (χ3v) is 6.50. The van der Waals surface area contributed by atoms with Gasteiger partial charge in [0.25, 0.3) is 0 Å². The minimum atomic E-state index is -0.413. The standard InChI is InChI=1S/C23H30FN7O2/c1-33-29-21(19-2-7-26-14-20(19)24)17-5-10-31(11-6-17)22(32)18-3-8-30(9-4-18)15-16-12-27-23(25)28-13-16/h2,7,12-14,17-18H,3-6,8-11,15H2,1H3,(H2,25,27,28). The Kier molecular flexibility index (Phi) is 7.43. The summed E-state index contributed by atoms with van der Waals surface area (Å²) in [6.07, 6.45) is 9.38. The van der Waals surface area contributed by atoms with Crippen LogP contribution in [0.25, 0.3) is 0 Å². The van der Waals surface area contributed by atoms with Crippen molar-refractivity contribution in [2.24, 2.45) is 17.0 Å². The third-order valence-electron chi connectivity index (χ3n) is 6.50. The van der Waals surface area contributed by atoms with Gasteiger partial charge in [-0.3, -0.25) is 14.7 Å². The van der Waals surface area contributed by atoms with E-state index in [1.54, 1.807) is 24.7 Å². The van der Waals surface area contributed by atoms with Crippen molar-refractivity contribution in [2.75, 3.05) is 39.0 Å². The van der Waals surface area contributed by atoms with E-state index < -0.39 is 5.82 Å². The molecular formula is C23H30FN7O2. The molecular weight excluding hydrogens is 425 g/mol. The Morgan fingerprint density at radius 1 is 1.12 bits per heavy atom. The Morgan fingerprint density at radius 2 is 1.79 bits per heavy atom. The molecule has 2 N–H and O–H groups in total. The van der Waals surface area contributed by atoms with E-state index in [-0.39, 0.29) is 23.7 Å². The number of hydrogen-bond acceptors (Lipinski definition) is 8. The zero-order valence-electron chi connectivity index (χ0n) is 18.9. The highest BCUT2D eigenvalue weighted by molar-refractivity contribution is 6.02. The largest absolute Gasteiger partial charge is 0.399 e. The molecule has 10 heteroatoms. The fraction of sp³-hybridized carbons (Fsp3) is 0.522. The summed E-state index contributed by atoms with van der Waals surface area (Å²) in [5.41, 5.74) is 7.57. The first-order valence-electron chi connectivity index (χ1n) is 11.3. The Morgan fingerprint density at radius 3 is 2.42 bits per heavy atom. The van der Waals surface area contributed by atoms with Gasteiger partial charge in [0.15, 0.2) is 5.82 Å². The number of anilines is 1. The molecule has 0 radical (unpaired) electrons. The number of amides is 1. The van der Waals surface area contributed by atoms with Crippen molar-refractivity contribution in [2.45, 2.75) is 32.2 Å². The summed E-state index contributed by atoms with van der Waals surface area (Å²) >= 11 is 0. The molecule has 1 amide bonds. The lowest BCUT2D eigenvalue weighted by Crippen LogP contribution is -2.46. The van der Waals surface area contributed by atoms with E-state index in [9.17, 15) is 9.18 Å². The number of halogens is 1. The molecule has 0 spiro atoms. The summed E-state index contributed by atoms with van der Waals surface area (Å²) in [6, 6.07) is 1.62. The highest BCUT2D eigenvalue weighted by Crippen LogP contribution is 2.27. The number of nitrogen functional groups attached to an aromatic ring is 1. The molecule has 4 heterocycles. The molecule has 9 nitrogen and oxygen atoms in total. The van der Waals surface area contributed by atoms with E-state index in [4.69, 9.17) is 10.6 Å². The normalized spacial score (nSPS) is 19.0. The Hall–Kier alpha value is -3.14. The summed E-state index contributed by atoms with van der Waals surface area (Å²) in [4.78, 5) is 34.3. The van der Waals surface area contributed by atoms with Crippen LogP contribution in [0.5, 0.6) is 0 Å². The van der Waals surface area contributed by atoms with Crippen molar-refractivity contribution in [1.82, 2.24) is 24.8 Å². The van der Waals surface area contributed by atoms with Gasteiger partial charge in [0, 0.05) is 61.2 Å². The van der Waals surface area contributed by atoms with Crippen LogP contribution in [0.4, 0.5) is 10.3 Å². The van der Waals surface area contributed by atoms with Gasteiger partial charge in [0.1, 0.15) is 7.11 Å². The number of aromatic nitrogens is 3.